The van der Waals surface area contributed by atoms with Crippen molar-refractivity contribution in [1.82, 2.24) is 10.2 Å². The number of carbonyl (C=O) groups is 2. The van der Waals surface area contributed by atoms with Crippen LogP contribution in [0.5, 0.6) is 0 Å². The molecule has 0 bridgehead atoms. The van der Waals surface area contributed by atoms with Crippen molar-refractivity contribution in [3.8, 4) is 0 Å². The summed E-state index contributed by atoms with van der Waals surface area (Å²) in [7, 11) is 0. The van der Waals surface area contributed by atoms with Crippen molar-refractivity contribution in [2.24, 2.45) is 11.8 Å². The minimum Gasteiger partial charge on any atom is -0.472 e. The molecule has 35 heavy (non-hydrogen) atoms. The Labute approximate surface area is 205 Å². The molecule has 6 rings (SSSR count). The fourth-order valence-corrected chi connectivity index (χ4v) is 6.41. The highest BCUT2D eigenvalue weighted by atomic mass is 16.3. The van der Waals surface area contributed by atoms with E-state index < -0.39 is 0 Å². The summed E-state index contributed by atoms with van der Waals surface area (Å²) in [5, 5.41) is 6.91. The van der Waals surface area contributed by atoms with E-state index in [-0.39, 0.29) is 41.8 Å². The van der Waals surface area contributed by atoms with Crippen LogP contribution in [0.15, 0.2) is 77.6 Å². The maximum absolute atomic E-state index is 14.1. The second-order valence-corrected chi connectivity index (χ2v) is 10.0. The van der Waals surface area contributed by atoms with Gasteiger partial charge in [-0.2, -0.15) is 0 Å². The number of hydrogen-bond acceptors (Lipinski definition) is 4. The number of nitrogens with zero attached hydrogens (tertiary/aromatic N) is 1. The molecule has 3 aliphatic rings. The Hall–Kier alpha value is -3.54. The van der Waals surface area contributed by atoms with Gasteiger partial charge in [0.15, 0.2) is 0 Å². The summed E-state index contributed by atoms with van der Waals surface area (Å²) >= 11 is 0. The van der Waals surface area contributed by atoms with Crippen LogP contribution in [-0.4, -0.2) is 29.3 Å². The maximum atomic E-state index is 14.1. The molecule has 1 saturated heterocycles. The SMILES string of the molecule is O=C(N[C@@H]1CCCC[C@@H]1C(=O)N1CCC2C(c3ccoc3)Nc3ccccc3C21)c1ccccc1. The lowest BCUT2D eigenvalue weighted by Gasteiger charge is -2.41. The number of carbonyl (C=O) groups excluding carboxylic acids is 2. The monoisotopic (exact) mass is 469 g/mol. The van der Waals surface area contributed by atoms with E-state index in [9.17, 15) is 9.59 Å². The number of furan rings is 1. The number of amides is 2. The third kappa shape index (κ3) is 4.01. The second-order valence-electron chi connectivity index (χ2n) is 10.0. The fourth-order valence-electron chi connectivity index (χ4n) is 6.41. The van der Waals surface area contributed by atoms with Crippen LogP contribution in [-0.2, 0) is 4.79 Å². The van der Waals surface area contributed by atoms with Crippen LogP contribution in [0.25, 0.3) is 0 Å². The number of benzene rings is 2. The van der Waals surface area contributed by atoms with Crippen molar-refractivity contribution in [1.29, 1.82) is 0 Å². The highest BCUT2D eigenvalue weighted by Crippen LogP contribution is 2.51. The van der Waals surface area contributed by atoms with Crippen LogP contribution in [0.4, 0.5) is 5.69 Å². The fraction of sp³-hybridized carbons (Fsp3) is 0.379. The minimum atomic E-state index is -0.190. The van der Waals surface area contributed by atoms with E-state index in [2.05, 4.69) is 33.7 Å². The molecule has 2 aromatic carbocycles. The molecule has 6 nitrogen and oxygen atoms in total. The van der Waals surface area contributed by atoms with E-state index >= 15 is 0 Å². The molecular formula is C29H31N3O3. The van der Waals surface area contributed by atoms with Gasteiger partial charge in [0.2, 0.25) is 5.91 Å². The summed E-state index contributed by atoms with van der Waals surface area (Å²) in [5.74, 6) is 0.164. The smallest absolute Gasteiger partial charge is 0.251 e. The van der Waals surface area contributed by atoms with E-state index in [1.807, 2.05) is 48.7 Å². The molecule has 3 unspecified atom stereocenters. The summed E-state index contributed by atoms with van der Waals surface area (Å²) in [4.78, 5) is 29.1. The van der Waals surface area contributed by atoms with E-state index in [4.69, 9.17) is 4.42 Å². The zero-order valence-electron chi connectivity index (χ0n) is 19.7. The third-order valence-electron chi connectivity index (χ3n) is 8.08. The topological polar surface area (TPSA) is 74.6 Å². The minimum absolute atomic E-state index is 0.0206. The van der Waals surface area contributed by atoms with E-state index in [0.29, 0.717) is 5.56 Å². The first-order valence-corrected chi connectivity index (χ1v) is 12.7. The van der Waals surface area contributed by atoms with Crippen molar-refractivity contribution < 1.29 is 14.0 Å². The Kier molecular flexibility index (Phi) is 5.80. The Morgan fingerprint density at radius 2 is 1.74 bits per heavy atom. The zero-order chi connectivity index (χ0) is 23.8. The molecule has 0 spiro atoms. The van der Waals surface area contributed by atoms with Gasteiger partial charge in [0.1, 0.15) is 0 Å². The van der Waals surface area contributed by atoms with Gasteiger partial charge in [-0.15, -0.1) is 0 Å². The van der Waals surface area contributed by atoms with Gasteiger partial charge in [0, 0.05) is 35.3 Å². The molecular weight excluding hydrogens is 438 g/mol. The van der Waals surface area contributed by atoms with E-state index in [0.717, 1.165) is 49.9 Å². The number of para-hydroxylation sites is 1. The number of rotatable bonds is 4. The van der Waals surface area contributed by atoms with Gasteiger partial charge in [-0.3, -0.25) is 9.59 Å². The van der Waals surface area contributed by atoms with Crippen LogP contribution in [0.2, 0.25) is 0 Å². The predicted octanol–water partition coefficient (Wildman–Crippen LogP) is 5.32. The first-order valence-electron chi connectivity index (χ1n) is 12.7. The molecule has 2 amide bonds. The normalized spacial score (nSPS) is 27.4. The standard InChI is InChI=1S/C29H31N3O3/c33-28(19-8-2-1-3-9-19)31-25-13-7-5-11-22(25)29(34)32-16-14-23-26(20-15-17-35-18-20)30-24-12-6-4-10-21(24)27(23)32/h1-4,6,8-10,12,15,17-18,22-23,25-27,30H,5,7,11,13-14,16H2,(H,31,33)/t22-,23?,25+,26?,27?/m0/s1. The first-order chi connectivity index (χ1) is 17.2. The molecule has 3 aromatic rings. The van der Waals surface area contributed by atoms with E-state index in [1.54, 1.807) is 6.26 Å². The van der Waals surface area contributed by atoms with Gasteiger partial charge in [0.25, 0.3) is 5.91 Å². The van der Waals surface area contributed by atoms with Crippen molar-refractivity contribution >= 4 is 17.5 Å². The molecule has 1 saturated carbocycles. The number of anilines is 1. The largest absolute Gasteiger partial charge is 0.472 e. The third-order valence-corrected chi connectivity index (χ3v) is 8.08. The Bertz CT molecular complexity index is 1190. The average molecular weight is 470 g/mol. The molecule has 2 fully saturated rings. The summed E-state index contributed by atoms with van der Waals surface area (Å²) in [6.07, 6.45) is 8.16. The first kappa shape index (κ1) is 22.0. The van der Waals surface area contributed by atoms with Crippen molar-refractivity contribution in [3.05, 3.63) is 89.9 Å². The van der Waals surface area contributed by atoms with Gasteiger partial charge >= 0.3 is 0 Å². The quantitative estimate of drug-likeness (QED) is 0.542. The Morgan fingerprint density at radius 3 is 2.57 bits per heavy atom. The van der Waals surface area contributed by atoms with Gasteiger partial charge in [-0.25, -0.2) is 0 Å². The molecule has 2 N–H and O–H groups in total. The van der Waals surface area contributed by atoms with Crippen molar-refractivity contribution in [3.63, 3.8) is 0 Å². The van der Waals surface area contributed by atoms with Gasteiger partial charge in [-0.05, 0) is 49.1 Å². The van der Waals surface area contributed by atoms with Crippen LogP contribution >= 0.6 is 0 Å². The van der Waals surface area contributed by atoms with Crippen LogP contribution in [0, 0.1) is 11.8 Å². The second kappa shape index (κ2) is 9.25. The van der Waals surface area contributed by atoms with Crippen LogP contribution in [0.1, 0.15) is 65.7 Å². The highest BCUT2D eigenvalue weighted by Gasteiger charge is 2.48. The highest BCUT2D eigenvalue weighted by molar-refractivity contribution is 5.94. The molecule has 1 aliphatic carbocycles. The van der Waals surface area contributed by atoms with Gasteiger partial charge < -0.3 is 20.0 Å². The van der Waals surface area contributed by atoms with Crippen LogP contribution < -0.4 is 10.6 Å². The zero-order valence-corrected chi connectivity index (χ0v) is 19.7. The molecule has 3 heterocycles. The number of nitrogens with one attached hydrogen (secondary N) is 2. The summed E-state index contributed by atoms with van der Waals surface area (Å²) in [5.41, 5.74) is 4.02. The maximum Gasteiger partial charge on any atom is 0.251 e. The number of hydrogen-bond donors (Lipinski definition) is 2. The van der Waals surface area contributed by atoms with E-state index in [1.165, 1.54) is 5.56 Å². The number of likely N-dealkylation sites (tertiary alicyclic amines) is 1. The molecule has 180 valence electrons. The molecule has 5 atom stereocenters. The summed E-state index contributed by atoms with van der Waals surface area (Å²) in [6.45, 7) is 0.731. The lowest BCUT2D eigenvalue weighted by atomic mass is 9.79. The lowest BCUT2D eigenvalue weighted by molar-refractivity contribution is -0.138. The molecule has 2 aliphatic heterocycles. The number of fused-ring (bicyclic) bond motifs is 3. The lowest BCUT2D eigenvalue weighted by Crippen LogP contribution is -2.50. The average Bonchev–Trinajstić information content (AvgIpc) is 3.60. The summed E-state index contributed by atoms with van der Waals surface area (Å²) in [6, 6.07) is 19.6. The summed E-state index contributed by atoms with van der Waals surface area (Å²) < 4.78 is 5.40. The Morgan fingerprint density at radius 1 is 0.943 bits per heavy atom. The molecule has 0 radical (unpaired) electrons. The molecule has 1 aromatic heterocycles. The van der Waals surface area contributed by atoms with Gasteiger partial charge in [-0.1, -0.05) is 49.2 Å². The molecule has 6 heteroatoms. The van der Waals surface area contributed by atoms with Crippen LogP contribution in [0.3, 0.4) is 0 Å². The van der Waals surface area contributed by atoms with Gasteiger partial charge in [0.05, 0.1) is 30.5 Å². The predicted molar refractivity (Wildman–Crippen MR) is 134 cm³/mol. The van der Waals surface area contributed by atoms with Crippen molar-refractivity contribution in [2.75, 3.05) is 11.9 Å². The Balaban J connectivity index is 1.27. The van der Waals surface area contributed by atoms with Crippen molar-refractivity contribution in [2.45, 2.75) is 50.2 Å².